The zero-order valence-corrected chi connectivity index (χ0v) is 8.61. The van der Waals surface area contributed by atoms with Crippen LogP contribution < -0.4 is 0 Å². The number of hydrogen-bond donors (Lipinski definition) is 2. The van der Waals surface area contributed by atoms with Gasteiger partial charge in [0, 0.05) is 0 Å². The van der Waals surface area contributed by atoms with Gasteiger partial charge in [0.25, 0.3) is 0 Å². The standard InChI is InChI=1S/C10H18OS/c1-9-4-2-3-8(5-9)6-10(11,12)7-9/h8,11-12H,2-7H2,1H3/t8-,9+,10-/m1/s1. The Morgan fingerprint density at radius 2 is 2.17 bits per heavy atom. The van der Waals surface area contributed by atoms with Gasteiger partial charge in [-0.05, 0) is 37.0 Å². The van der Waals surface area contributed by atoms with Crippen molar-refractivity contribution in [1.29, 1.82) is 0 Å². The number of aliphatic hydroxyl groups is 1. The lowest BCUT2D eigenvalue weighted by atomic mass is 9.62. The molecule has 0 amide bonds. The zero-order chi connectivity index (χ0) is 8.82. The van der Waals surface area contributed by atoms with Crippen molar-refractivity contribution in [1.82, 2.24) is 0 Å². The summed E-state index contributed by atoms with van der Waals surface area (Å²) in [5.41, 5.74) is 0.387. The van der Waals surface area contributed by atoms with E-state index in [0.29, 0.717) is 5.41 Å². The number of thiol groups is 1. The third kappa shape index (κ3) is 1.64. The van der Waals surface area contributed by atoms with Gasteiger partial charge in [0.2, 0.25) is 0 Å². The van der Waals surface area contributed by atoms with Crippen molar-refractivity contribution in [2.45, 2.75) is 50.4 Å². The van der Waals surface area contributed by atoms with Gasteiger partial charge in [0.05, 0.1) is 0 Å². The van der Waals surface area contributed by atoms with E-state index in [9.17, 15) is 5.11 Å². The highest BCUT2D eigenvalue weighted by Crippen LogP contribution is 2.52. The molecule has 1 N–H and O–H groups in total. The molecule has 2 fully saturated rings. The molecule has 1 nitrogen and oxygen atoms in total. The SMILES string of the molecule is C[C@@]12CCC[C@@H](C[C@@](O)(S)C1)C2. The smallest absolute Gasteiger partial charge is 0.108 e. The van der Waals surface area contributed by atoms with Crippen LogP contribution >= 0.6 is 12.6 Å². The first-order chi connectivity index (χ1) is 5.49. The van der Waals surface area contributed by atoms with Gasteiger partial charge in [-0.25, -0.2) is 0 Å². The predicted molar refractivity (Wildman–Crippen MR) is 53.2 cm³/mol. The van der Waals surface area contributed by atoms with Crippen LogP contribution in [0.25, 0.3) is 0 Å². The monoisotopic (exact) mass is 186 g/mol. The fraction of sp³-hybridized carbons (Fsp3) is 1.00. The first-order valence-corrected chi connectivity index (χ1v) is 5.39. The molecule has 12 heavy (non-hydrogen) atoms. The van der Waals surface area contributed by atoms with Gasteiger partial charge in [0.1, 0.15) is 4.93 Å². The highest BCUT2D eigenvalue weighted by Gasteiger charge is 2.44. The minimum atomic E-state index is -0.669. The molecule has 3 atom stereocenters. The summed E-state index contributed by atoms with van der Waals surface area (Å²) >= 11 is 4.33. The molecule has 0 aromatic rings. The van der Waals surface area contributed by atoms with Crippen LogP contribution in [-0.4, -0.2) is 10.0 Å². The summed E-state index contributed by atoms with van der Waals surface area (Å²) in [5, 5.41) is 9.91. The summed E-state index contributed by atoms with van der Waals surface area (Å²) < 4.78 is 0. The Morgan fingerprint density at radius 1 is 1.42 bits per heavy atom. The normalized spacial score (nSPS) is 53.8. The maximum Gasteiger partial charge on any atom is 0.108 e. The van der Waals surface area contributed by atoms with Crippen LogP contribution in [0.2, 0.25) is 0 Å². The molecule has 0 aliphatic heterocycles. The van der Waals surface area contributed by atoms with E-state index < -0.39 is 4.93 Å². The molecular weight excluding hydrogens is 168 g/mol. The molecular formula is C10H18OS. The molecule has 2 bridgehead atoms. The van der Waals surface area contributed by atoms with E-state index in [-0.39, 0.29) is 0 Å². The molecule has 70 valence electrons. The van der Waals surface area contributed by atoms with Crippen molar-refractivity contribution >= 4 is 12.6 Å². The summed E-state index contributed by atoms with van der Waals surface area (Å²) in [6.07, 6.45) is 7.05. The summed E-state index contributed by atoms with van der Waals surface area (Å²) in [7, 11) is 0. The highest BCUT2D eigenvalue weighted by atomic mass is 32.1. The fourth-order valence-corrected chi connectivity index (χ4v) is 3.91. The van der Waals surface area contributed by atoms with Crippen molar-refractivity contribution in [2.24, 2.45) is 11.3 Å². The molecule has 0 unspecified atom stereocenters. The first kappa shape index (κ1) is 8.89. The van der Waals surface area contributed by atoms with E-state index in [4.69, 9.17) is 0 Å². The Kier molecular flexibility index (Phi) is 1.96. The van der Waals surface area contributed by atoms with E-state index in [0.717, 1.165) is 18.8 Å². The van der Waals surface area contributed by atoms with Crippen LogP contribution in [0, 0.1) is 11.3 Å². The Bertz CT molecular complexity index is 188. The number of fused-ring (bicyclic) bond motifs is 2. The van der Waals surface area contributed by atoms with Gasteiger partial charge < -0.3 is 5.11 Å². The third-order valence-electron chi connectivity index (χ3n) is 3.50. The topological polar surface area (TPSA) is 20.2 Å². The summed E-state index contributed by atoms with van der Waals surface area (Å²) in [6.45, 7) is 2.31. The van der Waals surface area contributed by atoms with E-state index in [2.05, 4.69) is 19.6 Å². The van der Waals surface area contributed by atoms with Crippen molar-refractivity contribution in [3.63, 3.8) is 0 Å². The van der Waals surface area contributed by atoms with Gasteiger partial charge in [0.15, 0.2) is 0 Å². The maximum atomic E-state index is 9.91. The van der Waals surface area contributed by atoms with Crippen LogP contribution in [0.3, 0.4) is 0 Å². The Morgan fingerprint density at radius 3 is 2.83 bits per heavy atom. The van der Waals surface area contributed by atoms with E-state index in [1.54, 1.807) is 0 Å². The lowest BCUT2D eigenvalue weighted by molar-refractivity contribution is -0.0248. The third-order valence-corrected chi connectivity index (χ3v) is 3.84. The quantitative estimate of drug-likeness (QED) is 0.440. The van der Waals surface area contributed by atoms with Crippen LogP contribution in [-0.2, 0) is 0 Å². The zero-order valence-electron chi connectivity index (χ0n) is 7.71. The second-order valence-corrected chi connectivity index (χ2v) is 5.97. The van der Waals surface area contributed by atoms with E-state index in [1.165, 1.54) is 25.7 Å². The van der Waals surface area contributed by atoms with Gasteiger partial charge in [-0.15, -0.1) is 12.6 Å². The van der Waals surface area contributed by atoms with Crippen LogP contribution in [0.5, 0.6) is 0 Å². The van der Waals surface area contributed by atoms with Crippen LogP contribution in [0.1, 0.15) is 45.4 Å². The Labute approximate surface area is 80.0 Å². The maximum absolute atomic E-state index is 9.91. The molecule has 0 aromatic carbocycles. The molecule has 0 spiro atoms. The summed E-state index contributed by atoms with van der Waals surface area (Å²) in [6, 6.07) is 0. The average molecular weight is 186 g/mol. The first-order valence-electron chi connectivity index (χ1n) is 4.94. The minimum Gasteiger partial charge on any atom is -0.380 e. The number of rotatable bonds is 0. The Balaban J connectivity index is 2.16. The van der Waals surface area contributed by atoms with Crippen LogP contribution in [0.4, 0.5) is 0 Å². The van der Waals surface area contributed by atoms with Gasteiger partial charge in [-0.1, -0.05) is 19.8 Å². The fourth-order valence-electron chi connectivity index (χ4n) is 3.27. The molecule has 0 aromatic heterocycles. The molecule has 2 heteroatoms. The van der Waals surface area contributed by atoms with Crippen molar-refractivity contribution in [2.75, 3.05) is 0 Å². The summed E-state index contributed by atoms with van der Waals surface area (Å²) in [4.78, 5) is -0.669. The molecule has 2 aliphatic carbocycles. The lowest BCUT2D eigenvalue weighted by Crippen LogP contribution is -2.42. The second-order valence-electron chi connectivity index (χ2n) is 5.14. The lowest BCUT2D eigenvalue weighted by Gasteiger charge is -2.48. The highest BCUT2D eigenvalue weighted by molar-refractivity contribution is 7.81. The van der Waals surface area contributed by atoms with Crippen molar-refractivity contribution in [3.8, 4) is 0 Å². The van der Waals surface area contributed by atoms with Crippen LogP contribution in [0.15, 0.2) is 0 Å². The molecule has 2 aliphatic rings. The van der Waals surface area contributed by atoms with E-state index >= 15 is 0 Å². The molecule has 0 radical (unpaired) electrons. The molecule has 2 saturated carbocycles. The summed E-state index contributed by atoms with van der Waals surface area (Å²) in [5.74, 6) is 0.736. The van der Waals surface area contributed by atoms with Crippen molar-refractivity contribution in [3.05, 3.63) is 0 Å². The minimum absolute atomic E-state index is 0.387. The van der Waals surface area contributed by atoms with Crippen molar-refractivity contribution < 1.29 is 5.11 Å². The van der Waals surface area contributed by atoms with Gasteiger partial charge >= 0.3 is 0 Å². The molecule has 0 saturated heterocycles. The largest absolute Gasteiger partial charge is 0.380 e. The van der Waals surface area contributed by atoms with Gasteiger partial charge in [-0.3, -0.25) is 0 Å². The average Bonchev–Trinajstić information content (AvgIpc) is 1.79. The Hall–Kier alpha value is 0.310. The molecule has 2 rings (SSSR count). The van der Waals surface area contributed by atoms with Gasteiger partial charge in [-0.2, -0.15) is 0 Å². The molecule has 0 heterocycles. The second kappa shape index (κ2) is 2.65. The number of hydrogen-bond acceptors (Lipinski definition) is 2. The predicted octanol–water partition coefficient (Wildman–Crippen LogP) is 2.60. The van der Waals surface area contributed by atoms with E-state index in [1.807, 2.05) is 0 Å².